The van der Waals surface area contributed by atoms with Crippen molar-refractivity contribution in [1.29, 1.82) is 0 Å². The molecule has 232 valence electrons. The summed E-state index contributed by atoms with van der Waals surface area (Å²) in [5.41, 5.74) is 2.03. The summed E-state index contributed by atoms with van der Waals surface area (Å²) in [6.07, 6.45) is 2.24. The van der Waals surface area contributed by atoms with Crippen LogP contribution in [0.2, 0.25) is 0 Å². The van der Waals surface area contributed by atoms with Crippen LogP contribution in [0.15, 0.2) is 65.4 Å². The highest BCUT2D eigenvalue weighted by Crippen LogP contribution is 2.36. The lowest BCUT2D eigenvalue weighted by molar-refractivity contribution is -0.384. The highest BCUT2D eigenvalue weighted by Gasteiger charge is 2.39. The monoisotopic (exact) mass is 666 g/mol. The average molecular weight is 668 g/mol. The zero-order valence-corrected chi connectivity index (χ0v) is 26.3. The van der Waals surface area contributed by atoms with E-state index < -0.39 is 17.1 Å². The Hall–Kier alpha value is -4.07. The smallest absolute Gasteiger partial charge is 0.294 e. The van der Waals surface area contributed by atoms with E-state index in [0.29, 0.717) is 28.8 Å². The van der Waals surface area contributed by atoms with Crippen molar-refractivity contribution < 1.29 is 24.0 Å². The van der Waals surface area contributed by atoms with E-state index in [1.54, 1.807) is 35.2 Å². The number of hydrogen-bond donors (Lipinski definition) is 2. The van der Waals surface area contributed by atoms with E-state index in [-0.39, 0.29) is 60.7 Å². The highest BCUT2D eigenvalue weighted by molar-refractivity contribution is 9.10. The summed E-state index contributed by atoms with van der Waals surface area (Å²) in [5.74, 6) is -0.591. The molecule has 2 N–H and O–H groups in total. The van der Waals surface area contributed by atoms with Gasteiger partial charge in [0.05, 0.1) is 52.7 Å². The molecule has 2 aliphatic rings. The Balaban J connectivity index is 1.47. The van der Waals surface area contributed by atoms with Crippen LogP contribution in [0.3, 0.4) is 0 Å². The molecule has 2 aliphatic heterocycles. The second-order valence-corrected chi connectivity index (χ2v) is 12.0. The lowest BCUT2D eigenvalue weighted by Gasteiger charge is -2.35. The summed E-state index contributed by atoms with van der Waals surface area (Å²) in [5, 5.41) is 18.6. The number of nitrogens with zero attached hydrogens (tertiary/aromatic N) is 4. The standard InChI is InChI=1S/C31H35BrN6O6/c1-19-14-36(15-20(2)44-19)31(40)25-10-23(32)11-27(38(41)42)29(25)35-26-16-37(30(39)22-9-24(33-3)13-34-12-22)17-28(26)43-18-21-7-5-4-6-8-21/h4-13,19-20,26,28,33,35H,14-18H2,1-3H3/t19-,20+,26-,28-/m0/s1. The predicted molar refractivity (Wildman–Crippen MR) is 169 cm³/mol. The van der Waals surface area contributed by atoms with Crippen LogP contribution in [0, 0.1) is 10.1 Å². The van der Waals surface area contributed by atoms with Crippen LogP contribution in [0.5, 0.6) is 0 Å². The van der Waals surface area contributed by atoms with Gasteiger partial charge in [0, 0.05) is 56.2 Å². The Labute approximate surface area is 264 Å². The van der Waals surface area contributed by atoms with E-state index in [2.05, 4.69) is 31.5 Å². The topological polar surface area (TPSA) is 139 Å². The van der Waals surface area contributed by atoms with E-state index in [4.69, 9.17) is 9.47 Å². The summed E-state index contributed by atoms with van der Waals surface area (Å²) in [6.45, 7) is 5.19. The van der Waals surface area contributed by atoms with E-state index in [0.717, 1.165) is 5.56 Å². The number of morpholine rings is 1. The van der Waals surface area contributed by atoms with Crippen LogP contribution >= 0.6 is 15.9 Å². The lowest BCUT2D eigenvalue weighted by atomic mass is 10.1. The number of rotatable bonds is 9. The number of benzene rings is 2. The molecule has 0 aliphatic carbocycles. The number of aromatic nitrogens is 1. The van der Waals surface area contributed by atoms with Gasteiger partial charge in [-0.2, -0.15) is 0 Å². The summed E-state index contributed by atoms with van der Waals surface area (Å²) in [4.78, 5) is 46.7. The molecular formula is C31H35BrN6O6. The minimum atomic E-state index is -0.558. The zero-order chi connectivity index (χ0) is 31.4. The van der Waals surface area contributed by atoms with Gasteiger partial charge in [0.1, 0.15) is 5.69 Å². The number of anilines is 2. The first kappa shape index (κ1) is 31.4. The molecule has 2 amide bonds. The fourth-order valence-electron chi connectivity index (χ4n) is 5.66. The average Bonchev–Trinajstić information content (AvgIpc) is 3.42. The number of ether oxygens (including phenoxy) is 2. The Morgan fingerprint density at radius 1 is 1.05 bits per heavy atom. The molecule has 1 aromatic heterocycles. The maximum atomic E-state index is 13.9. The van der Waals surface area contributed by atoms with Crippen LogP contribution in [0.25, 0.3) is 0 Å². The fourth-order valence-corrected chi connectivity index (χ4v) is 6.10. The van der Waals surface area contributed by atoms with Crippen molar-refractivity contribution in [2.75, 3.05) is 43.9 Å². The van der Waals surface area contributed by atoms with Crippen molar-refractivity contribution >= 4 is 44.8 Å². The molecule has 0 radical (unpaired) electrons. The molecule has 3 aromatic rings. The first-order valence-electron chi connectivity index (χ1n) is 14.4. The molecule has 2 fully saturated rings. The number of pyridine rings is 1. The number of hydrogen-bond acceptors (Lipinski definition) is 9. The van der Waals surface area contributed by atoms with Crippen molar-refractivity contribution in [1.82, 2.24) is 14.8 Å². The molecule has 2 saturated heterocycles. The van der Waals surface area contributed by atoms with Crippen molar-refractivity contribution in [3.8, 4) is 0 Å². The molecule has 3 heterocycles. The molecule has 44 heavy (non-hydrogen) atoms. The van der Waals surface area contributed by atoms with E-state index in [9.17, 15) is 19.7 Å². The van der Waals surface area contributed by atoms with Gasteiger partial charge in [-0.05, 0) is 31.5 Å². The Morgan fingerprint density at radius 3 is 2.43 bits per heavy atom. The molecule has 0 spiro atoms. The summed E-state index contributed by atoms with van der Waals surface area (Å²) in [7, 11) is 1.75. The van der Waals surface area contributed by atoms with Crippen LogP contribution in [0.4, 0.5) is 17.1 Å². The van der Waals surface area contributed by atoms with Gasteiger partial charge in [0.15, 0.2) is 0 Å². The van der Waals surface area contributed by atoms with E-state index >= 15 is 0 Å². The fraction of sp³-hybridized carbons (Fsp3) is 0.387. The van der Waals surface area contributed by atoms with Crippen molar-refractivity contribution in [2.24, 2.45) is 0 Å². The summed E-state index contributed by atoms with van der Waals surface area (Å²) in [6, 6.07) is 13.7. The highest BCUT2D eigenvalue weighted by atomic mass is 79.9. The van der Waals surface area contributed by atoms with Crippen LogP contribution in [-0.2, 0) is 16.1 Å². The van der Waals surface area contributed by atoms with E-state index in [1.165, 1.54) is 12.3 Å². The third-order valence-electron chi connectivity index (χ3n) is 7.68. The maximum absolute atomic E-state index is 13.9. The maximum Gasteiger partial charge on any atom is 0.294 e. The third-order valence-corrected chi connectivity index (χ3v) is 8.14. The SMILES string of the molecule is CNc1cncc(C(=O)N2C[C@H](Nc3c(C(=O)N4C[C@@H](C)O[C@@H](C)C4)cc(Br)cc3[N+](=O)[O-])[C@@H](OCc3ccccc3)C2)c1. The van der Waals surface area contributed by atoms with Gasteiger partial charge in [0.25, 0.3) is 17.5 Å². The lowest BCUT2D eigenvalue weighted by Crippen LogP contribution is -2.48. The molecule has 13 heteroatoms. The summed E-state index contributed by atoms with van der Waals surface area (Å²) >= 11 is 3.36. The number of carbonyl (C=O) groups excluding carboxylic acids is 2. The van der Waals surface area contributed by atoms with Gasteiger partial charge in [-0.1, -0.05) is 46.3 Å². The van der Waals surface area contributed by atoms with Gasteiger partial charge in [-0.25, -0.2) is 0 Å². The van der Waals surface area contributed by atoms with Gasteiger partial charge in [-0.15, -0.1) is 0 Å². The first-order valence-corrected chi connectivity index (χ1v) is 15.2. The Bertz CT molecular complexity index is 1510. The number of amides is 2. The number of likely N-dealkylation sites (tertiary alicyclic amines) is 1. The van der Waals surface area contributed by atoms with Gasteiger partial charge < -0.3 is 29.9 Å². The second kappa shape index (κ2) is 13.7. The van der Waals surface area contributed by atoms with Crippen LogP contribution < -0.4 is 10.6 Å². The number of nitro groups is 1. The Kier molecular flexibility index (Phi) is 9.77. The van der Waals surface area contributed by atoms with Gasteiger partial charge in [-0.3, -0.25) is 24.7 Å². The van der Waals surface area contributed by atoms with Crippen molar-refractivity contribution in [3.63, 3.8) is 0 Å². The van der Waals surface area contributed by atoms with Crippen LogP contribution in [-0.4, -0.2) is 89.1 Å². The predicted octanol–water partition coefficient (Wildman–Crippen LogP) is 4.57. The zero-order valence-electron chi connectivity index (χ0n) is 24.7. The third kappa shape index (κ3) is 7.17. The quantitative estimate of drug-likeness (QED) is 0.248. The van der Waals surface area contributed by atoms with Crippen LogP contribution in [0.1, 0.15) is 40.1 Å². The normalized spacial score (nSPS) is 21.6. The first-order chi connectivity index (χ1) is 21.1. The number of nitrogens with one attached hydrogen (secondary N) is 2. The molecular weight excluding hydrogens is 632 g/mol. The minimum Gasteiger partial charge on any atom is -0.387 e. The number of nitro benzene ring substituents is 1. The minimum absolute atomic E-state index is 0.0847. The summed E-state index contributed by atoms with van der Waals surface area (Å²) < 4.78 is 12.5. The molecule has 12 nitrogen and oxygen atoms in total. The van der Waals surface area contributed by atoms with Crippen molar-refractivity contribution in [2.45, 2.75) is 44.8 Å². The molecule has 4 atom stereocenters. The Morgan fingerprint density at radius 2 is 1.75 bits per heavy atom. The number of carbonyl (C=O) groups is 2. The van der Waals surface area contributed by atoms with E-state index in [1.807, 2.05) is 44.2 Å². The molecule has 0 saturated carbocycles. The molecule has 5 rings (SSSR count). The molecule has 0 unspecified atom stereocenters. The van der Waals surface area contributed by atoms with Crippen molar-refractivity contribution in [3.05, 3.63) is 92.2 Å². The molecule has 0 bridgehead atoms. The van der Waals surface area contributed by atoms with Gasteiger partial charge >= 0.3 is 0 Å². The second-order valence-electron chi connectivity index (χ2n) is 11.1. The largest absolute Gasteiger partial charge is 0.387 e. The molecule has 2 aromatic carbocycles. The number of halogens is 1. The van der Waals surface area contributed by atoms with Gasteiger partial charge in [0.2, 0.25) is 0 Å².